The lowest BCUT2D eigenvalue weighted by atomic mass is 10.1. The van der Waals surface area contributed by atoms with Gasteiger partial charge in [-0.15, -0.1) is 0 Å². The summed E-state index contributed by atoms with van der Waals surface area (Å²) in [6, 6.07) is 9.33. The van der Waals surface area contributed by atoms with E-state index in [9.17, 15) is 26.4 Å². The van der Waals surface area contributed by atoms with Crippen LogP contribution in [0.1, 0.15) is 28.6 Å². The Morgan fingerprint density at radius 1 is 1.27 bits per heavy atom. The SMILES string of the molecule is Cc1cc(C(F)(F)F)nn1CC(=O)N1CCC(c2ccccc2)S1(=O)=O. The van der Waals surface area contributed by atoms with E-state index in [1.165, 1.54) is 6.92 Å². The van der Waals surface area contributed by atoms with Crippen molar-refractivity contribution in [1.82, 2.24) is 14.1 Å². The Balaban J connectivity index is 1.80. The summed E-state index contributed by atoms with van der Waals surface area (Å²) in [6.07, 6.45) is -4.39. The highest BCUT2D eigenvalue weighted by Crippen LogP contribution is 2.35. The van der Waals surface area contributed by atoms with Crippen molar-refractivity contribution < 1.29 is 26.4 Å². The van der Waals surface area contributed by atoms with E-state index in [-0.39, 0.29) is 18.7 Å². The van der Waals surface area contributed by atoms with Crippen LogP contribution in [0, 0.1) is 6.92 Å². The molecule has 10 heteroatoms. The molecule has 0 spiro atoms. The molecular weight excluding hydrogens is 371 g/mol. The van der Waals surface area contributed by atoms with Gasteiger partial charge < -0.3 is 0 Å². The summed E-state index contributed by atoms with van der Waals surface area (Å²) in [6.45, 7) is 0.802. The molecule has 1 amide bonds. The van der Waals surface area contributed by atoms with E-state index in [0.717, 1.165) is 15.1 Å². The summed E-state index contributed by atoms with van der Waals surface area (Å²) in [5.74, 6) is -0.802. The maximum absolute atomic E-state index is 12.7. The van der Waals surface area contributed by atoms with Gasteiger partial charge in [-0.25, -0.2) is 12.7 Å². The second-order valence-corrected chi connectivity index (χ2v) is 8.06. The van der Waals surface area contributed by atoms with Crippen molar-refractivity contribution in [2.24, 2.45) is 0 Å². The Hall–Kier alpha value is -2.36. The van der Waals surface area contributed by atoms with E-state index in [1.807, 2.05) is 0 Å². The van der Waals surface area contributed by atoms with Crippen LogP contribution in [-0.2, 0) is 27.5 Å². The molecule has 0 radical (unpaired) electrons. The highest BCUT2D eigenvalue weighted by molar-refractivity contribution is 7.90. The van der Waals surface area contributed by atoms with Crippen LogP contribution in [-0.4, -0.2) is 35.0 Å². The molecule has 1 unspecified atom stereocenters. The van der Waals surface area contributed by atoms with Gasteiger partial charge >= 0.3 is 6.18 Å². The van der Waals surface area contributed by atoms with E-state index in [0.29, 0.717) is 5.56 Å². The lowest BCUT2D eigenvalue weighted by Gasteiger charge is -2.17. The van der Waals surface area contributed by atoms with Gasteiger partial charge in [-0.05, 0) is 25.0 Å². The van der Waals surface area contributed by atoms with Crippen molar-refractivity contribution in [3.63, 3.8) is 0 Å². The van der Waals surface area contributed by atoms with Gasteiger partial charge in [0.1, 0.15) is 11.8 Å². The molecule has 140 valence electrons. The maximum Gasteiger partial charge on any atom is 0.435 e. The summed E-state index contributed by atoms with van der Waals surface area (Å²) in [5.41, 5.74) is -0.409. The second kappa shape index (κ2) is 6.42. The molecule has 0 aliphatic carbocycles. The van der Waals surface area contributed by atoms with Crippen LogP contribution < -0.4 is 0 Å². The number of benzene rings is 1. The molecular formula is C16H16F3N3O3S. The van der Waals surface area contributed by atoms with Crippen molar-refractivity contribution in [1.29, 1.82) is 0 Å². The predicted octanol–water partition coefficient (Wildman–Crippen LogP) is 2.51. The molecule has 2 heterocycles. The van der Waals surface area contributed by atoms with Gasteiger partial charge in [0.2, 0.25) is 10.0 Å². The fourth-order valence-electron chi connectivity index (χ4n) is 2.95. The second-order valence-electron chi connectivity index (χ2n) is 6.03. The van der Waals surface area contributed by atoms with Gasteiger partial charge in [0.15, 0.2) is 5.69 Å². The first-order valence-corrected chi connectivity index (χ1v) is 9.32. The number of alkyl halides is 3. The third-order valence-corrected chi connectivity index (χ3v) is 6.49. The van der Waals surface area contributed by atoms with E-state index < -0.39 is 39.6 Å². The van der Waals surface area contributed by atoms with Crippen molar-refractivity contribution >= 4 is 15.9 Å². The van der Waals surface area contributed by atoms with E-state index >= 15 is 0 Å². The van der Waals surface area contributed by atoms with Crippen LogP contribution in [0.4, 0.5) is 13.2 Å². The molecule has 0 saturated carbocycles. The molecule has 1 fully saturated rings. The molecule has 6 nitrogen and oxygen atoms in total. The number of sulfonamides is 1. The summed E-state index contributed by atoms with van der Waals surface area (Å²) in [7, 11) is -3.91. The number of nitrogens with zero attached hydrogens (tertiary/aromatic N) is 3. The first kappa shape index (κ1) is 18.4. The molecule has 2 aromatic rings. The van der Waals surface area contributed by atoms with E-state index in [4.69, 9.17) is 0 Å². The number of aromatic nitrogens is 2. The first-order chi connectivity index (χ1) is 12.1. The summed E-state index contributed by atoms with van der Waals surface area (Å²) >= 11 is 0. The van der Waals surface area contributed by atoms with Crippen LogP contribution in [0.5, 0.6) is 0 Å². The topological polar surface area (TPSA) is 72.3 Å². The minimum Gasteiger partial charge on any atom is -0.272 e. The van der Waals surface area contributed by atoms with Crippen molar-refractivity contribution in [3.05, 3.63) is 53.3 Å². The Labute approximate surface area is 148 Å². The number of carbonyl (C=O) groups excluding carboxylic acids is 1. The van der Waals surface area contributed by atoms with Gasteiger partial charge in [-0.3, -0.25) is 9.48 Å². The number of rotatable bonds is 3. The fourth-order valence-corrected chi connectivity index (χ4v) is 4.87. The lowest BCUT2D eigenvalue weighted by Crippen LogP contribution is -2.36. The lowest BCUT2D eigenvalue weighted by molar-refractivity contribution is -0.142. The van der Waals surface area contributed by atoms with Gasteiger partial charge in [-0.2, -0.15) is 18.3 Å². The van der Waals surface area contributed by atoms with Crippen LogP contribution >= 0.6 is 0 Å². The standard InChI is InChI=1S/C16H16F3N3O3S/c1-11-9-14(16(17,18)19)20-21(11)10-15(23)22-8-7-13(26(22,24)25)12-5-3-2-4-6-12/h2-6,9,13H,7-8,10H2,1H3. The Morgan fingerprint density at radius 2 is 1.92 bits per heavy atom. The smallest absolute Gasteiger partial charge is 0.272 e. The Bertz CT molecular complexity index is 923. The average molecular weight is 387 g/mol. The number of hydrogen-bond acceptors (Lipinski definition) is 4. The molecule has 3 rings (SSSR count). The minimum atomic E-state index is -4.63. The van der Waals surface area contributed by atoms with Gasteiger partial charge in [0.25, 0.3) is 5.91 Å². The predicted molar refractivity (Wildman–Crippen MR) is 86.4 cm³/mol. The zero-order valence-electron chi connectivity index (χ0n) is 13.8. The average Bonchev–Trinajstić information content (AvgIpc) is 3.07. The molecule has 1 saturated heterocycles. The monoisotopic (exact) mass is 387 g/mol. The summed E-state index contributed by atoms with van der Waals surface area (Å²) in [4.78, 5) is 12.4. The number of amides is 1. The van der Waals surface area contributed by atoms with Gasteiger partial charge in [0.05, 0.1) is 0 Å². The number of carbonyl (C=O) groups is 1. The first-order valence-electron chi connectivity index (χ1n) is 7.81. The van der Waals surface area contributed by atoms with Crippen LogP contribution in [0.15, 0.2) is 36.4 Å². The summed E-state index contributed by atoms with van der Waals surface area (Å²) in [5, 5.41) is 2.53. The quantitative estimate of drug-likeness (QED) is 0.811. The van der Waals surface area contributed by atoms with Crippen LogP contribution in [0.3, 0.4) is 0 Å². The fraction of sp³-hybridized carbons (Fsp3) is 0.375. The molecule has 1 atom stereocenters. The van der Waals surface area contributed by atoms with Gasteiger partial charge in [-0.1, -0.05) is 30.3 Å². The molecule has 0 N–H and O–H groups in total. The molecule has 26 heavy (non-hydrogen) atoms. The zero-order chi connectivity index (χ0) is 19.1. The van der Waals surface area contributed by atoms with E-state index in [2.05, 4.69) is 5.10 Å². The third kappa shape index (κ3) is 3.33. The Morgan fingerprint density at radius 3 is 2.50 bits per heavy atom. The Kier molecular flexibility index (Phi) is 4.55. The van der Waals surface area contributed by atoms with Crippen LogP contribution in [0.2, 0.25) is 0 Å². The molecule has 1 aromatic heterocycles. The minimum absolute atomic E-state index is 0.00677. The van der Waals surface area contributed by atoms with Crippen molar-refractivity contribution in [3.8, 4) is 0 Å². The normalized spacial score (nSPS) is 19.7. The molecule has 1 aliphatic heterocycles. The number of aryl methyl sites for hydroxylation is 1. The largest absolute Gasteiger partial charge is 0.435 e. The number of hydrogen-bond donors (Lipinski definition) is 0. The van der Waals surface area contributed by atoms with Crippen LogP contribution in [0.25, 0.3) is 0 Å². The third-order valence-electron chi connectivity index (χ3n) is 4.27. The van der Waals surface area contributed by atoms with E-state index in [1.54, 1.807) is 30.3 Å². The number of halogens is 3. The van der Waals surface area contributed by atoms with Gasteiger partial charge in [0, 0.05) is 12.2 Å². The molecule has 1 aliphatic rings. The zero-order valence-corrected chi connectivity index (χ0v) is 14.6. The van der Waals surface area contributed by atoms with Crippen molar-refractivity contribution in [2.45, 2.75) is 31.3 Å². The highest BCUT2D eigenvalue weighted by atomic mass is 32.2. The molecule has 0 bridgehead atoms. The molecule has 1 aromatic carbocycles. The maximum atomic E-state index is 12.7. The van der Waals surface area contributed by atoms with Crippen molar-refractivity contribution in [2.75, 3.05) is 6.54 Å². The summed E-state index contributed by atoms with van der Waals surface area (Å²) < 4.78 is 65.1. The highest BCUT2D eigenvalue weighted by Gasteiger charge is 2.42.